The summed E-state index contributed by atoms with van der Waals surface area (Å²) in [6.45, 7) is 2.35. The summed E-state index contributed by atoms with van der Waals surface area (Å²) in [5, 5.41) is 10.5. The Hall–Kier alpha value is -1.42. The summed E-state index contributed by atoms with van der Waals surface area (Å²) in [4.78, 5) is 0. The molecule has 0 radical (unpaired) electrons. The van der Waals surface area contributed by atoms with Gasteiger partial charge in [-0.15, -0.1) is 0 Å². The number of ether oxygens (including phenoxy) is 1. The summed E-state index contributed by atoms with van der Waals surface area (Å²) in [6, 6.07) is 14.1. The van der Waals surface area contributed by atoms with Gasteiger partial charge in [-0.3, -0.25) is 0 Å². The third-order valence-corrected chi connectivity index (χ3v) is 3.71. The second kappa shape index (κ2) is 7.55. The maximum Gasteiger partial charge on any atom is 0.142 e. The summed E-state index contributed by atoms with van der Waals surface area (Å²) in [6.07, 6.45) is -1.03. The first-order valence-corrected chi connectivity index (χ1v) is 7.28. The molecule has 2 aromatic carbocycles. The van der Waals surface area contributed by atoms with Gasteiger partial charge in [-0.05, 0) is 24.1 Å². The lowest BCUT2D eigenvalue weighted by molar-refractivity contribution is -0.0340. The zero-order valence-corrected chi connectivity index (χ0v) is 12.6. The fourth-order valence-corrected chi connectivity index (χ4v) is 2.49. The summed E-state index contributed by atoms with van der Waals surface area (Å²) in [7, 11) is 0. The van der Waals surface area contributed by atoms with Crippen LogP contribution in [-0.2, 0) is 11.2 Å². The van der Waals surface area contributed by atoms with Crippen molar-refractivity contribution in [2.24, 2.45) is 0 Å². The van der Waals surface area contributed by atoms with E-state index >= 15 is 0 Å². The van der Waals surface area contributed by atoms with Crippen molar-refractivity contribution in [1.29, 1.82) is 0 Å². The van der Waals surface area contributed by atoms with Gasteiger partial charge in [0, 0.05) is 13.0 Å². The Morgan fingerprint density at radius 1 is 1.14 bits per heavy atom. The monoisotopic (exact) mass is 308 g/mol. The Morgan fingerprint density at radius 3 is 2.52 bits per heavy atom. The molecule has 0 heterocycles. The fourth-order valence-electron chi connectivity index (χ4n) is 2.29. The molecule has 0 fully saturated rings. The maximum atomic E-state index is 13.5. The topological polar surface area (TPSA) is 29.5 Å². The lowest BCUT2D eigenvalue weighted by atomic mass is 9.98. The fraction of sp³-hybridized carbons (Fsp3) is 0.294. The largest absolute Gasteiger partial charge is 0.390 e. The molecule has 2 unspecified atom stereocenters. The van der Waals surface area contributed by atoms with Crippen molar-refractivity contribution in [2.75, 3.05) is 6.61 Å². The Bertz CT molecular complexity index is 574. The SMILES string of the molecule is CCOC(c1ccccc1)C(O)Cc1cccc(F)c1Cl. The third kappa shape index (κ3) is 4.03. The molecule has 0 spiro atoms. The molecule has 0 amide bonds. The van der Waals surface area contributed by atoms with Crippen molar-refractivity contribution in [3.63, 3.8) is 0 Å². The van der Waals surface area contributed by atoms with Crippen LogP contribution < -0.4 is 0 Å². The molecule has 2 rings (SSSR count). The highest BCUT2D eigenvalue weighted by Crippen LogP contribution is 2.27. The van der Waals surface area contributed by atoms with Crippen LogP contribution in [0.4, 0.5) is 4.39 Å². The molecule has 0 aromatic heterocycles. The van der Waals surface area contributed by atoms with E-state index in [1.165, 1.54) is 6.07 Å². The standard InChI is InChI=1S/C17H18ClFO2/c1-2-21-17(12-7-4-3-5-8-12)15(20)11-13-9-6-10-14(19)16(13)18/h3-10,15,17,20H,2,11H2,1H3. The van der Waals surface area contributed by atoms with Gasteiger partial charge in [-0.1, -0.05) is 54.1 Å². The second-order valence-electron chi connectivity index (χ2n) is 4.77. The van der Waals surface area contributed by atoms with E-state index in [1.807, 2.05) is 37.3 Å². The van der Waals surface area contributed by atoms with Crippen LogP contribution in [0, 0.1) is 5.82 Å². The van der Waals surface area contributed by atoms with Crippen molar-refractivity contribution < 1.29 is 14.2 Å². The van der Waals surface area contributed by atoms with Gasteiger partial charge in [-0.2, -0.15) is 0 Å². The molecular weight excluding hydrogens is 291 g/mol. The predicted octanol–water partition coefficient (Wildman–Crippen LogP) is 4.16. The Labute approximate surface area is 129 Å². The number of halogens is 2. The van der Waals surface area contributed by atoms with Crippen LogP contribution >= 0.6 is 11.6 Å². The van der Waals surface area contributed by atoms with E-state index in [9.17, 15) is 9.50 Å². The third-order valence-electron chi connectivity index (χ3n) is 3.28. The summed E-state index contributed by atoms with van der Waals surface area (Å²) in [5.41, 5.74) is 1.46. The van der Waals surface area contributed by atoms with Crippen LogP contribution in [0.5, 0.6) is 0 Å². The second-order valence-corrected chi connectivity index (χ2v) is 5.15. The molecule has 2 aromatic rings. The molecule has 2 nitrogen and oxygen atoms in total. The normalized spacial score (nSPS) is 13.9. The predicted molar refractivity (Wildman–Crippen MR) is 81.9 cm³/mol. The van der Waals surface area contributed by atoms with E-state index in [4.69, 9.17) is 16.3 Å². The highest BCUT2D eigenvalue weighted by atomic mass is 35.5. The zero-order chi connectivity index (χ0) is 15.2. The Balaban J connectivity index is 2.19. The first kappa shape index (κ1) is 16.0. The molecule has 0 aliphatic heterocycles. The number of rotatable bonds is 6. The van der Waals surface area contributed by atoms with Gasteiger partial charge in [-0.25, -0.2) is 4.39 Å². The van der Waals surface area contributed by atoms with E-state index in [2.05, 4.69) is 0 Å². The van der Waals surface area contributed by atoms with E-state index in [-0.39, 0.29) is 11.4 Å². The average molecular weight is 309 g/mol. The van der Waals surface area contributed by atoms with Crippen LogP contribution in [0.25, 0.3) is 0 Å². The summed E-state index contributed by atoms with van der Waals surface area (Å²) < 4.78 is 19.1. The van der Waals surface area contributed by atoms with Crippen LogP contribution in [-0.4, -0.2) is 17.8 Å². The van der Waals surface area contributed by atoms with Crippen molar-refractivity contribution in [2.45, 2.75) is 25.6 Å². The molecule has 1 N–H and O–H groups in total. The summed E-state index contributed by atoms with van der Waals surface area (Å²) in [5.74, 6) is -0.478. The smallest absolute Gasteiger partial charge is 0.142 e. The van der Waals surface area contributed by atoms with E-state index in [0.717, 1.165) is 5.56 Å². The quantitative estimate of drug-likeness (QED) is 0.868. The first-order chi connectivity index (χ1) is 10.1. The molecule has 0 saturated heterocycles. The number of aliphatic hydroxyl groups excluding tert-OH is 1. The lowest BCUT2D eigenvalue weighted by Crippen LogP contribution is -2.24. The Kier molecular flexibility index (Phi) is 5.74. The van der Waals surface area contributed by atoms with Crippen molar-refractivity contribution in [3.05, 3.63) is 70.5 Å². The first-order valence-electron chi connectivity index (χ1n) is 6.91. The van der Waals surface area contributed by atoms with E-state index in [0.29, 0.717) is 12.2 Å². The molecule has 2 atom stereocenters. The molecule has 0 saturated carbocycles. The zero-order valence-electron chi connectivity index (χ0n) is 11.8. The Morgan fingerprint density at radius 2 is 1.86 bits per heavy atom. The minimum absolute atomic E-state index is 0.0554. The van der Waals surface area contributed by atoms with Gasteiger partial charge in [0.15, 0.2) is 0 Å². The molecule has 21 heavy (non-hydrogen) atoms. The van der Waals surface area contributed by atoms with Crippen LogP contribution in [0.1, 0.15) is 24.2 Å². The van der Waals surface area contributed by atoms with Crippen molar-refractivity contribution >= 4 is 11.6 Å². The van der Waals surface area contributed by atoms with Crippen LogP contribution in [0.2, 0.25) is 5.02 Å². The van der Waals surface area contributed by atoms with Crippen molar-refractivity contribution in [3.8, 4) is 0 Å². The maximum absolute atomic E-state index is 13.5. The molecular formula is C17H18ClFO2. The highest BCUT2D eigenvalue weighted by molar-refractivity contribution is 6.31. The van der Waals surface area contributed by atoms with Gasteiger partial charge in [0.2, 0.25) is 0 Å². The molecule has 4 heteroatoms. The number of aliphatic hydroxyl groups is 1. The van der Waals surface area contributed by atoms with E-state index in [1.54, 1.807) is 12.1 Å². The minimum Gasteiger partial charge on any atom is -0.390 e. The van der Waals surface area contributed by atoms with E-state index < -0.39 is 18.0 Å². The van der Waals surface area contributed by atoms with Crippen LogP contribution in [0.15, 0.2) is 48.5 Å². The number of benzene rings is 2. The van der Waals surface area contributed by atoms with Crippen LogP contribution in [0.3, 0.4) is 0 Å². The molecule has 0 aliphatic rings. The molecule has 0 aliphatic carbocycles. The number of hydrogen-bond acceptors (Lipinski definition) is 2. The lowest BCUT2D eigenvalue weighted by Gasteiger charge is -2.23. The summed E-state index contributed by atoms with van der Waals surface area (Å²) >= 11 is 5.94. The van der Waals surface area contributed by atoms with Gasteiger partial charge >= 0.3 is 0 Å². The van der Waals surface area contributed by atoms with Gasteiger partial charge in [0.25, 0.3) is 0 Å². The highest BCUT2D eigenvalue weighted by Gasteiger charge is 2.23. The minimum atomic E-state index is -0.799. The van der Waals surface area contributed by atoms with Gasteiger partial charge in [0.05, 0.1) is 11.1 Å². The van der Waals surface area contributed by atoms with Gasteiger partial charge < -0.3 is 9.84 Å². The average Bonchev–Trinajstić information content (AvgIpc) is 2.50. The van der Waals surface area contributed by atoms with Crippen molar-refractivity contribution in [1.82, 2.24) is 0 Å². The molecule has 0 bridgehead atoms. The molecule has 112 valence electrons. The van der Waals surface area contributed by atoms with Gasteiger partial charge in [0.1, 0.15) is 11.9 Å². The number of hydrogen-bond donors (Lipinski definition) is 1.